The number of aryl methyl sites for hydroxylation is 2. The van der Waals surface area contributed by atoms with Crippen LogP contribution >= 0.6 is 11.3 Å². The first kappa shape index (κ1) is 20.6. The summed E-state index contributed by atoms with van der Waals surface area (Å²) < 4.78 is 7.38. The Morgan fingerprint density at radius 2 is 2.16 bits per heavy atom. The van der Waals surface area contributed by atoms with E-state index in [0.29, 0.717) is 42.1 Å². The molecule has 1 amide bonds. The number of nitrogens with one attached hydrogen (secondary N) is 1. The van der Waals surface area contributed by atoms with Gasteiger partial charge >= 0.3 is 0 Å². The minimum absolute atomic E-state index is 0.233. The molecule has 4 aromatic rings. The highest BCUT2D eigenvalue weighted by atomic mass is 32.1. The largest absolute Gasteiger partial charge is 0.493 e. The number of benzene rings is 1. The van der Waals surface area contributed by atoms with Crippen LogP contribution in [0.5, 0.6) is 5.75 Å². The van der Waals surface area contributed by atoms with E-state index in [2.05, 4.69) is 16.5 Å². The van der Waals surface area contributed by atoms with E-state index in [4.69, 9.17) is 15.0 Å². The van der Waals surface area contributed by atoms with Crippen LogP contribution in [0.15, 0.2) is 47.8 Å². The molecule has 1 aromatic carbocycles. The molecule has 8 heteroatoms. The Hall–Kier alpha value is -3.70. The molecule has 0 atom stereocenters. The fraction of sp³-hybridized carbons (Fsp3) is 0.217. The number of carbonyl (C=O) groups is 1. The third-order valence-electron chi connectivity index (χ3n) is 4.78. The fourth-order valence-corrected chi connectivity index (χ4v) is 4.06. The van der Waals surface area contributed by atoms with E-state index in [0.717, 1.165) is 21.7 Å². The maximum atomic E-state index is 13.3. The minimum Gasteiger partial charge on any atom is -0.493 e. The van der Waals surface area contributed by atoms with E-state index in [-0.39, 0.29) is 5.91 Å². The van der Waals surface area contributed by atoms with Gasteiger partial charge in [0.1, 0.15) is 5.75 Å². The molecule has 0 aliphatic carbocycles. The predicted octanol–water partition coefficient (Wildman–Crippen LogP) is 4.94. The van der Waals surface area contributed by atoms with Crippen LogP contribution in [0.1, 0.15) is 28.9 Å². The number of aromatic nitrogens is 3. The number of amides is 1. The van der Waals surface area contributed by atoms with Crippen molar-refractivity contribution in [1.29, 1.82) is 5.26 Å². The Kier molecular flexibility index (Phi) is 5.96. The fourth-order valence-electron chi connectivity index (χ4n) is 3.38. The van der Waals surface area contributed by atoms with Crippen molar-refractivity contribution in [3.63, 3.8) is 0 Å². The zero-order chi connectivity index (χ0) is 21.8. The lowest BCUT2D eigenvalue weighted by Gasteiger charge is -2.10. The van der Waals surface area contributed by atoms with Gasteiger partial charge in [0.2, 0.25) is 0 Å². The van der Waals surface area contributed by atoms with Gasteiger partial charge in [-0.25, -0.2) is 4.98 Å². The quantitative estimate of drug-likeness (QED) is 0.418. The van der Waals surface area contributed by atoms with Crippen LogP contribution < -0.4 is 10.1 Å². The van der Waals surface area contributed by atoms with Crippen LogP contribution in [0.4, 0.5) is 5.69 Å². The van der Waals surface area contributed by atoms with E-state index in [1.165, 1.54) is 0 Å². The maximum Gasteiger partial charge on any atom is 0.256 e. The van der Waals surface area contributed by atoms with Crippen LogP contribution in [-0.4, -0.2) is 27.3 Å². The lowest BCUT2D eigenvalue weighted by atomic mass is 10.1. The topological polar surface area (TPSA) is 92.8 Å². The zero-order valence-electron chi connectivity index (χ0n) is 17.3. The number of hydrogen-bond acceptors (Lipinski definition) is 6. The van der Waals surface area contributed by atoms with Crippen LogP contribution in [0.3, 0.4) is 0 Å². The Balaban J connectivity index is 1.64. The number of fused-ring (bicyclic) bond motifs is 1. The molecule has 0 aliphatic heterocycles. The third kappa shape index (κ3) is 4.42. The third-order valence-corrected chi connectivity index (χ3v) is 5.67. The molecule has 156 valence electrons. The molecule has 7 nitrogen and oxygen atoms in total. The SMILES string of the molecule is Cc1nn(C)c2nc(-c3cccs3)cc(C(=O)Nc3cccc(OCCCC#N)c3)c12. The van der Waals surface area contributed by atoms with E-state index < -0.39 is 0 Å². The number of unbranched alkanes of at least 4 members (excludes halogenated alkanes) is 1. The molecule has 3 aromatic heterocycles. The normalized spacial score (nSPS) is 10.7. The molecule has 0 saturated carbocycles. The molecular formula is C23H21N5O2S. The van der Waals surface area contributed by atoms with Crippen LogP contribution in [0.25, 0.3) is 21.6 Å². The summed E-state index contributed by atoms with van der Waals surface area (Å²) in [7, 11) is 1.83. The Morgan fingerprint density at radius 1 is 1.29 bits per heavy atom. The standard InChI is InChI=1S/C23H21N5O2S/c1-15-21-18(14-19(20-9-6-12-31-20)26-22(21)28(2)27-15)23(29)25-16-7-5-8-17(13-16)30-11-4-3-10-24/h5-9,12-14H,3-4,11H2,1-2H3,(H,25,29). The summed E-state index contributed by atoms with van der Waals surface area (Å²) >= 11 is 1.57. The lowest BCUT2D eigenvalue weighted by Crippen LogP contribution is -2.13. The molecule has 0 unspecified atom stereocenters. The van der Waals surface area contributed by atoms with E-state index in [1.807, 2.05) is 55.7 Å². The summed E-state index contributed by atoms with van der Waals surface area (Å²) in [6.07, 6.45) is 1.11. The van der Waals surface area contributed by atoms with Crippen molar-refractivity contribution in [3.8, 4) is 22.4 Å². The second kappa shape index (κ2) is 8.98. The van der Waals surface area contributed by atoms with Crippen molar-refractivity contribution in [2.24, 2.45) is 7.05 Å². The first-order valence-electron chi connectivity index (χ1n) is 9.86. The highest BCUT2D eigenvalue weighted by Crippen LogP contribution is 2.30. The number of rotatable bonds is 7. The van der Waals surface area contributed by atoms with Crippen molar-refractivity contribution in [2.45, 2.75) is 19.8 Å². The van der Waals surface area contributed by atoms with Gasteiger partial charge in [0.05, 0.1) is 39.9 Å². The van der Waals surface area contributed by atoms with Crippen molar-refractivity contribution in [2.75, 3.05) is 11.9 Å². The summed E-state index contributed by atoms with van der Waals surface area (Å²) in [5.41, 5.74) is 3.32. The molecule has 0 fully saturated rings. The molecule has 4 rings (SSSR count). The van der Waals surface area contributed by atoms with Crippen LogP contribution in [0.2, 0.25) is 0 Å². The molecular weight excluding hydrogens is 410 g/mol. The van der Waals surface area contributed by atoms with Crippen molar-refractivity contribution >= 4 is 34.0 Å². The van der Waals surface area contributed by atoms with Gasteiger partial charge in [-0.3, -0.25) is 9.48 Å². The number of pyridine rings is 1. The number of anilines is 1. The van der Waals surface area contributed by atoms with Crippen molar-refractivity contribution in [3.05, 3.63) is 59.1 Å². The lowest BCUT2D eigenvalue weighted by molar-refractivity contribution is 0.102. The average molecular weight is 432 g/mol. The molecule has 31 heavy (non-hydrogen) atoms. The first-order valence-corrected chi connectivity index (χ1v) is 10.7. The molecule has 0 saturated heterocycles. The van der Waals surface area contributed by atoms with Gasteiger partial charge in [0, 0.05) is 25.2 Å². The van der Waals surface area contributed by atoms with Crippen molar-refractivity contribution in [1.82, 2.24) is 14.8 Å². The molecule has 3 heterocycles. The minimum atomic E-state index is -0.233. The Morgan fingerprint density at radius 3 is 2.94 bits per heavy atom. The summed E-state index contributed by atoms with van der Waals surface area (Å²) in [5.74, 6) is 0.412. The van der Waals surface area contributed by atoms with Crippen molar-refractivity contribution < 1.29 is 9.53 Å². The molecule has 1 N–H and O–H groups in total. The van der Waals surface area contributed by atoms with E-state index >= 15 is 0 Å². The number of hydrogen-bond donors (Lipinski definition) is 1. The number of nitriles is 1. The second-order valence-corrected chi connectivity index (χ2v) is 7.98. The number of nitrogens with zero attached hydrogens (tertiary/aromatic N) is 4. The molecule has 0 bridgehead atoms. The average Bonchev–Trinajstić information content (AvgIpc) is 3.40. The number of ether oxygens (including phenoxy) is 1. The van der Waals surface area contributed by atoms with Crippen LogP contribution in [-0.2, 0) is 7.05 Å². The summed E-state index contributed by atoms with van der Waals surface area (Å²) in [6, 6.07) is 15.1. The summed E-state index contributed by atoms with van der Waals surface area (Å²) in [5, 5.41) is 18.8. The molecule has 0 aliphatic rings. The molecule has 0 spiro atoms. The van der Waals surface area contributed by atoms with Gasteiger partial charge in [-0.2, -0.15) is 10.4 Å². The summed E-state index contributed by atoms with van der Waals surface area (Å²) in [6.45, 7) is 2.33. The number of thiophene rings is 1. The Labute approximate surface area is 183 Å². The maximum absolute atomic E-state index is 13.3. The van der Waals surface area contributed by atoms with Gasteiger partial charge in [0.15, 0.2) is 5.65 Å². The van der Waals surface area contributed by atoms with E-state index in [1.54, 1.807) is 22.1 Å². The zero-order valence-corrected chi connectivity index (χ0v) is 18.1. The summed E-state index contributed by atoms with van der Waals surface area (Å²) in [4.78, 5) is 19.0. The smallest absolute Gasteiger partial charge is 0.256 e. The number of carbonyl (C=O) groups excluding carboxylic acids is 1. The van der Waals surface area contributed by atoms with Gasteiger partial charge < -0.3 is 10.1 Å². The first-order chi connectivity index (χ1) is 15.1. The van der Waals surface area contributed by atoms with Crippen LogP contribution in [0, 0.1) is 18.3 Å². The van der Waals surface area contributed by atoms with Gasteiger partial charge in [-0.1, -0.05) is 12.1 Å². The monoisotopic (exact) mass is 431 g/mol. The highest BCUT2D eigenvalue weighted by Gasteiger charge is 2.20. The van der Waals surface area contributed by atoms with Gasteiger partial charge in [-0.15, -0.1) is 11.3 Å². The van der Waals surface area contributed by atoms with E-state index in [9.17, 15) is 4.79 Å². The Bertz CT molecular complexity index is 1270. The van der Waals surface area contributed by atoms with Gasteiger partial charge in [-0.05, 0) is 43.0 Å². The van der Waals surface area contributed by atoms with Gasteiger partial charge in [0.25, 0.3) is 5.91 Å². The molecule has 0 radical (unpaired) electrons. The highest BCUT2D eigenvalue weighted by molar-refractivity contribution is 7.13. The predicted molar refractivity (Wildman–Crippen MR) is 121 cm³/mol. The second-order valence-electron chi connectivity index (χ2n) is 7.03.